The van der Waals surface area contributed by atoms with Crippen LogP contribution in [0.25, 0.3) is 0 Å². The molecule has 0 spiro atoms. The first-order valence-corrected chi connectivity index (χ1v) is 6.72. The van der Waals surface area contributed by atoms with Crippen molar-refractivity contribution in [2.45, 2.75) is 33.1 Å². The van der Waals surface area contributed by atoms with Gasteiger partial charge in [-0.05, 0) is 32.4 Å². The van der Waals surface area contributed by atoms with Crippen molar-refractivity contribution in [3.8, 4) is 0 Å². The zero-order chi connectivity index (χ0) is 13.6. The van der Waals surface area contributed by atoms with Gasteiger partial charge in [0.1, 0.15) is 0 Å². The summed E-state index contributed by atoms with van der Waals surface area (Å²) in [6, 6.07) is 0. The lowest BCUT2D eigenvalue weighted by molar-refractivity contribution is -0.144. The van der Waals surface area contributed by atoms with Crippen molar-refractivity contribution in [3.63, 3.8) is 0 Å². The molecule has 1 fully saturated rings. The van der Waals surface area contributed by atoms with Crippen molar-refractivity contribution in [2.24, 2.45) is 5.41 Å². The van der Waals surface area contributed by atoms with Gasteiger partial charge in [-0.25, -0.2) is 0 Å². The van der Waals surface area contributed by atoms with Gasteiger partial charge in [0.15, 0.2) is 0 Å². The molecule has 0 saturated carbocycles. The van der Waals surface area contributed by atoms with Gasteiger partial charge in [0.25, 0.3) is 0 Å². The number of carbonyl (C=O) groups excluding carboxylic acids is 2. The minimum atomic E-state index is -0.314. The van der Waals surface area contributed by atoms with Gasteiger partial charge in [-0.15, -0.1) is 0 Å². The molecule has 1 saturated heterocycles. The van der Waals surface area contributed by atoms with Crippen molar-refractivity contribution in [1.29, 1.82) is 0 Å². The zero-order valence-corrected chi connectivity index (χ0v) is 11.7. The maximum absolute atomic E-state index is 12.3. The molecule has 0 aliphatic carbocycles. The highest BCUT2D eigenvalue weighted by molar-refractivity contribution is 5.87. The van der Waals surface area contributed by atoms with Crippen LogP contribution in [0.3, 0.4) is 0 Å². The molecule has 2 N–H and O–H groups in total. The van der Waals surface area contributed by atoms with Crippen LogP contribution in [-0.4, -0.2) is 49.9 Å². The Balaban J connectivity index is 2.47. The third kappa shape index (κ3) is 3.98. The summed E-state index contributed by atoms with van der Waals surface area (Å²) in [6.45, 7) is 6.57. The Kier molecular flexibility index (Phi) is 5.59. The van der Waals surface area contributed by atoms with Crippen LogP contribution in [0.15, 0.2) is 0 Å². The molecule has 18 heavy (non-hydrogen) atoms. The number of piperidine rings is 1. The molecule has 0 unspecified atom stereocenters. The number of likely N-dealkylation sites (N-methyl/N-ethyl adjacent to an activating group) is 1. The van der Waals surface area contributed by atoms with Crippen LogP contribution in [0.2, 0.25) is 0 Å². The lowest BCUT2D eigenvalue weighted by Gasteiger charge is -2.35. The normalized spacial score (nSPS) is 18.2. The fraction of sp³-hybridized carbons (Fsp3) is 0.846. The molecule has 0 bridgehead atoms. The molecule has 0 aromatic rings. The molecular weight excluding hydrogens is 230 g/mol. The smallest absolute Gasteiger partial charge is 0.239 e. The Bertz CT molecular complexity index is 299. The summed E-state index contributed by atoms with van der Waals surface area (Å²) >= 11 is 0. The van der Waals surface area contributed by atoms with Crippen LogP contribution in [0.5, 0.6) is 0 Å². The van der Waals surface area contributed by atoms with Crippen molar-refractivity contribution in [1.82, 2.24) is 15.5 Å². The van der Waals surface area contributed by atoms with Crippen molar-refractivity contribution in [3.05, 3.63) is 0 Å². The van der Waals surface area contributed by atoms with Crippen molar-refractivity contribution >= 4 is 11.8 Å². The summed E-state index contributed by atoms with van der Waals surface area (Å²) in [7, 11) is 1.71. The SMILES string of the molecule is CCCNC(=O)CN(C)C(=O)C1(C)CCNCC1. The molecule has 5 nitrogen and oxygen atoms in total. The number of amides is 2. The fourth-order valence-electron chi connectivity index (χ4n) is 2.26. The Morgan fingerprint density at radius 3 is 2.50 bits per heavy atom. The summed E-state index contributed by atoms with van der Waals surface area (Å²) < 4.78 is 0. The van der Waals surface area contributed by atoms with Gasteiger partial charge in [-0.2, -0.15) is 0 Å². The predicted octanol–water partition coefficient (Wildman–Crippen LogP) is 0.361. The standard InChI is InChI=1S/C13H25N3O2/c1-4-7-15-11(17)10-16(3)12(18)13(2)5-8-14-9-6-13/h14H,4-10H2,1-3H3,(H,15,17). The first-order valence-electron chi connectivity index (χ1n) is 6.72. The molecule has 104 valence electrons. The van der Waals surface area contributed by atoms with Crippen molar-refractivity contribution < 1.29 is 9.59 Å². The van der Waals surface area contributed by atoms with Crippen LogP contribution >= 0.6 is 0 Å². The van der Waals surface area contributed by atoms with Crippen LogP contribution in [-0.2, 0) is 9.59 Å². The number of hydrogen-bond acceptors (Lipinski definition) is 3. The first-order chi connectivity index (χ1) is 8.49. The molecule has 0 aromatic heterocycles. The summed E-state index contributed by atoms with van der Waals surface area (Å²) in [6.07, 6.45) is 2.59. The summed E-state index contributed by atoms with van der Waals surface area (Å²) in [4.78, 5) is 25.5. The lowest BCUT2D eigenvalue weighted by Crippen LogP contribution is -2.48. The van der Waals surface area contributed by atoms with E-state index in [0.717, 1.165) is 32.4 Å². The first kappa shape index (κ1) is 15.0. The van der Waals surface area contributed by atoms with Crippen molar-refractivity contribution in [2.75, 3.05) is 33.2 Å². The predicted molar refractivity (Wildman–Crippen MR) is 71.1 cm³/mol. The Morgan fingerprint density at radius 1 is 1.33 bits per heavy atom. The van der Waals surface area contributed by atoms with Crippen LogP contribution in [0.4, 0.5) is 0 Å². The maximum atomic E-state index is 12.3. The molecule has 0 aromatic carbocycles. The van der Waals surface area contributed by atoms with Gasteiger partial charge in [-0.1, -0.05) is 13.8 Å². The number of hydrogen-bond donors (Lipinski definition) is 2. The summed E-state index contributed by atoms with van der Waals surface area (Å²) in [5, 5.41) is 6.04. The van der Waals surface area contributed by atoms with Crippen LogP contribution in [0.1, 0.15) is 33.1 Å². The molecule has 1 rings (SSSR count). The molecule has 0 radical (unpaired) electrons. The number of nitrogens with zero attached hydrogens (tertiary/aromatic N) is 1. The summed E-state index contributed by atoms with van der Waals surface area (Å²) in [5.41, 5.74) is -0.314. The monoisotopic (exact) mass is 255 g/mol. The molecule has 5 heteroatoms. The minimum Gasteiger partial charge on any atom is -0.355 e. The van der Waals surface area contributed by atoms with Crippen LogP contribution < -0.4 is 10.6 Å². The number of carbonyl (C=O) groups is 2. The zero-order valence-electron chi connectivity index (χ0n) is 11.7. The molecular formula is C13H25N3O2. The second-order valence-corrected chi connectivity index (χ2v) is 5.32. The van der Waals surface area contributed by atoms with E-state index >= 15 is 0 Å². The summed E-state index contributed by atoms with van der Waals surface area (Å²) in [5.74, 6) is 0.000818. The Labute approximate surface area is 109 Å². The van der Waals surface area contributed by atoms with Gasteiger partial charge >= 0.3 is 0 Å². The average molecular weight is 255 g/mol. The third-order valence-electron chi connectivity index (χ3n) is 3.52. The van der Waals surface area contributed by atoms with E-state index in [1.165, 1.54) is 0 Å². The highest BCUT2D eigenvalue weighted by Gasteiger charge is 2.36. The second-order valence-electron chi connectivity index (χ2n) is 5.32. The highest BCUT2D eigenvalue weighted by Crippen LogP contribution is 2.29. The largest absolute Gasteiger partial charge is 0.355 e. The fourth-order valence-corrected chi connectivity index (χ4v) is 2.26. The number of nitrogens with one attached hydrogen (secondary N) is 2. The Hall–Kier alpha value is -1.10. The topological polar surface area (TPSA) is 61.4 Å². The highest BCUT2D eigenvalue weighted by atomic mass is 16.2. The van der Waals surface area contributed by atoms with E-state index in [9.17, 15) is 9.59 Å². The molecule has 0 atom stereocenters. The Morgan fingerprint density at radius 2 is 1.94 bits per heavy atom. The van der Waals surface area contributed by atoms with Gasteiger partial charge < -0.3 is 15.5 Å². The van der Waals surface area contributed by atoms with E-state index in [1.54, 1.807) is 11.9 Å². The van der Waals surface area contributed by atoms with E-state index in [1.807, 2.05) is 13.8 Å². The van der Waals surface area contributed by atoms with Gasteiger partial charge in [0.05, 0.1) is 6.54 Å². The van der Waals surface area contributed by atoms with E-state index in [4.69, 9.17) is 0 Å². The van der Waals surface area contributed by atoms with E-state index in [0.29, 0.717) is 6.54 Å². The second kappa shape index (κ2) is 6.73. The molecule has 2 amide bonds. The molecule has 1 aliphatic heterocycles. The average Bonchev–Trinajstić information content (AvgIpc) is 2.36. The minimum absolute atomic E-state index is 0.0785. The maximum Gasteiger partial charge on any atom is 0.239 e. The van der Waals surface area contributed by atoms with Gasteiger partial charge in [0, 0.05) is 19.0 Å². The van der Waals surface area contributed by atoms with E-state index in [2.05, 4.69) is 10.6 Å². The quantitative estimate of drug-likeness (QED) is 0.746. The lowest BCUT2D eigenvalue weighted by atomic mass is 9.80. The van der Waals surface area contributed by atoms with E-state index in [-0.39, 0.29) is 23.8 Å². The van der Waals surface area contributed by atoms with Gasteiger partial charge in [-0.3, -0.25) is 9.59 Å². The molecule has 1 heterocycles. The van der Waals surface area contributed by atoms with Crippen LogP contribution in [0, 0.1) is 5.41 Å². The third-order valence-corrected chi connectivity index (χ3v) is 3.52. The van der Waals surface area contributed by atoms with E-state index < -0.39 is 0 Å². The number of rotatable bonds is 5. The molecule has 1 aliphatic rings. The van der Waals surface area contributed by atoms with Gasteiger partial charge in [0.2, 0.25) is 11.8 Å².